The van der Waals surface area contributed by atoms with E-state index in [1.165, 1.54) is 18.2 Å². The third kappa shape index (κ3) is 3.87. The van der Waals surface area contributed by atoms with Crippen molar-refractivity contribution in [2.45, 2.75) is 19.0 Å². The Morgan fingerprint density at radius 2 is 1.90 bits per heavy atom. The average Bonchev–Trinajstić information content (AvgIpc) is 2.81. The van der Waals surface area contributed by atoms with Crippen LogP contribution in [0.4, 0.5) is 18.9 Å². The molecule has 112 valence electrons. The highest BCUT2D eigenvalue weighted by Gasteiger charge is 2.33. The Labute approximate surface area is 120 Å². The van der Waals surface area contributed by atoms with Gasteiger partial charge in [-0.3, -0.25) is 4.79 Å². The van der Waals surface area contributed by atoms with E-state index in [-0.39, 0.29) is 12.1 Å². The molecule has 0 bridgehead atoms. The summed E-state index contributed by atoms with van der Waals surface area (Å²) in [5.74, 6) is -0.437. The predicted molar refractivity (Wildman–Crippen MR) is 73.8 cm³/mol. The standard InChI is InChI=1S/C15H15F3N2O/c1-20-10-4-5-11(20)8-9-14(21)19-13-7-3-2-6-12(13)15(16,17)18/h2-7,10H,8-9H2,1H3,(H,19,21). The maximum atomic E-state index is 12.8. The van der Waals surface area contributed by atoms with Gasteiger partial charge in [-0.15, -0.1) is 0 Å². The number of rotatable bonds is 4. The van der Waals surface area contributed by atoms with E-state index in [0.717, 1.165) is 11.8 Å². The van der Waals surface area contributed by atoms with Gasteiger partial charge in [0, 0.05) is 25.4 Å². The zero-order chi connectivity index (χ0) is 15.5. The van der Waals surface area contributed by atoms with Crippen LogP contribution in [0.2, 0.25) is 0 Å². The third-order valence-corrected chi connectivity index (χ3v) is 3.17. The van der Waals surface area contributed by atoms with Gasteiger partial charge < -0.3 is 9.88 Å². The van der Waals surface area contributed by atoms with Crippen molar-refractivity contribution in [1.82, 2.24) is 4.57 Å². The smallest absolute Gasteiger partial charge is 0.354 e. The molecule has 1 heterocycles. The fourth-order valence-corrected chi connectivity index (χ4v) is 2.05. The third-order valence-electron chi connectivity index (χ3n) is 3.17. The average molecular weight is 296 g/mol. The first-order valence-electron chi connectivity index (χ1n) is 6.44. The fraction of sp³-hybridized carbons (Fsp3) is 0.267. The van der Waals surface area contributed by atoms with E-state index in [4.69, 9.17) is 0 Å². The van der Waals surface area contributed by atoms with E-state index in [2.05, 4.69) is 5.32 Å². The molecule has 0 atom stereocenters. The lowest BCUT2D eigenvalue weighted by Gasteiger charge is -2.13. The normalized spacial score (nSPS) is 11.4. The number of benzene rings is 1. The van der Waals surface area contributed by atoms with E-state index in [9.17, 15) is 18.0 Å². The summed E-state index contributed by atoms with van der Waals surface area (Å²) in [6.45, 7) is 0. The van der Waals surface area contributed by atoms with Crippen LogP contribution in [-0.4, -0.2) is 10.5 Å². The van der Waals surface area contributed by atoms with Crippen molar-refractivity contribution in [3.05, 3.63) is 53.9 Å². The Morgan fingerprint density at radius 3 is 2.52 bits per heavy atom. The first kappa shape index (κ1) is 15.2. The Balaban J connectivity index is 2.02. The number of aromatic nitrogens is 1. The van der Waals surface area contributed by atoms with E-state index in [1.807, 2.05) is 29.9 Å². The number of carbonyl (C=O) groups excluding carboxylic acids is 1. The van der Waals surface area contributed by atoms with Crippen molar-refractivity contribution < 1.29 is 18.0 Å². The Kier molecular flexibility index (Phi) is 4.35. The molecule has 0 radical (unpaired) electrons. The van der Waals surface area contributed by atoms with Crippen molar-refractivity contribution >= 4 is 11.6 Å². The van der Waals surface area contributed by atoms with Crippen LogP contribution in [0.15, 0.2) is 42.6 Å². The van der Waals surface area contributed by atoms with Gasteiger partial charge in [-0.25, -0.2) is 0 Å². The Morgan fingerprint density at radius 1 is 1.19 bits per heavy atom. The molecule has 1 aromatic heterocycles. The van der Waals surface area contributed by atoms with Crippen LogP contribution in [0.3, 0.4) is 0 Å². The molecule has 0 spiro atoms. The monoisotopic (exact) mass is 296 g/mol. The first-order chi connectivity index (χ1) is 9.88. The van der Waals surface area contributed by atoms with Crippen molar-refractivity contribution in [3.8, 4) is 0 Å². The van der Waals surface area contributed by atoms with Gasteiger partial charge in [0.1, 0.15) is 0 Å². The minimum Gasteiger partial charge on any atom is -0.354 e. The van der Waals surface area contributed by atoms with Crippen LogP contribution in [0.25, 0.3) is 0 Å². The molecule has 2 aromatic rings. The molecule has 3 nitrogen and oxygen atoms in total. The molecule has 6 heteroatoms. The Hall–Kier alpha value is -2.24. The van der Waals surface area contributed by atoms with Gasteiger partial charge >= 0.3 is 6.18 Å². The summed E-state index contributed by atoms with van der Waals surface area (Å²) in [7, 11) is 1.85. The topological polar surface area (TPSA) is 34.0 Å². The quantitative estimate of drug-likeness (QED) is 0.918. The van der Waals surface area contributed by atoms with E-state index in [1.54, 1.807) is 0 Å². The molecule has 0 fully saturated rings. The summed E-state index contributed by atoms with van der Waals surface area (Å²) in [5.41, 5.74) is -0.0895. The van der Waals surface area contributed by atoms with Crippen LogP contribution < -0.4 is 5.32 Å². The van der Waals surface area contributed by atoms with E-state index >= 15 is 0 Å². The minimum absolute atomic E-state index is 0.129. The predicted octanol–water partition coefficient (Wildman–Crippen LogP) is 3.62. The number of halogens is 3. The van der Waals surface area contributed by atoms with Gasteiger partial charge in [0.25, 0.3) is 0 Å². The second-order valence-electron chi connectivity index (χ2n) is 4.70. The van der Waals surface area contributed by atoms with Gasteiger partial charge in [0.2, 0.25) is 5.91 Å². The number of carbonyl (C=O) groups is 1. The lowest BCUT2D eigenvalue weighted by molar-refractivity contribution is -0.137. The van der Waals surface area contributed by atoms with Gasteiger partial charge in [-0.2, -0.15) is 13.2 Å². The Bertz CT molecular complexity index is 632. The SMILES string of the molecule is Cn1cccc1CCC(=O)Nc1ccccc1C(F)(F)F. The van der Waals surface area contributed by atoms with Gasteiger partial charge in [-0.1, -0.05) is 12.1 Å². The van der Waals surface area contributed by atoms with Crippen molar-refractivity contribution in [3.63, 3.8) is 0 Å². The van der Waals surface area contributed by atoms with Crippen LogP contribution in [0, 0.1) is 0 Å². The van der Waals surface area contributed by atoms with Gasteiger partial charge in [-0.05, 0) is 30.7 Å². The van der Waals surface area contributed by atoms with E-state index < -0.39 is 17.6 Å². The molecule has 0 aliphatic heterocycles. The summed E-state index contributed by atoms with van der Waals surface area (Å²) < 4.78 is 40.3. The van der Waals surface area contributed by atoms with Crippen molar-refractivity contribution in [2.75, 3.05) is 5.32 Å². The first-order valence-corrected chi connectivity index (χ1v) is 6.44. The van der Waals surface area contributed by atoms with Gasteiger partial charge in [0.05, 0.1) is 11.3 Å². The highest BCUT2D eigenvalue weighted by atomic mass is 19.4. The second-order valence-corrected chi connectivity index (χ2v) is 4.70. The number of nitrogens with zero attached hydrogens (tertiary/aromatic N) is 1. The molecule has 0 unspecified atom stereocenters. The number of nitrogens with one attached hydrogen (secondary N) is 1. The number of para-hydroxylation sites is 1. The molecular weight excluding hydrogens is 281 g/mol. The molecule has 0 saturated heterocycles. The van der Waals surface area contributed by atoms with Crippen molar-refractivity contribution in [1.29, 1.82) is 0 Å². The zero-order valence-corrected chi connectivity index (χ0v) is 11.4. The fourth-order valence-electron chi connectivity index (χ4n) is 2.05. The molecule has 0 saturated carbocycles. The summed E-state index contributed by atoms with van der Waals surface area (Å²) in [5, 5.41) is 2.33. The molecule has 0 aliphatic rings. The number of amides is 1. The maximum absolute atomic E-state index is 12.8. The minimum atomic E-state index is -4.48. The summed E-state index contributed by atoms with van der Waals surface area (Å²) in [6.07, 6.45) is -2.03. The zero-order valence-electron chi connectivity index (χ0n) is 11.4. The van der Waals surface area contributed by atoms with E-state index in [0.29, 0.717) is 6.42 Å². The molecule has 2 rings (SSSR count). The second kappa shape index (κ2) is 6.03. The molecule has 1 amide bonds. The molecular formula is C15H15F3N2O. The lowest BCUT2D eigenvalue weighted by Crippen LogP contribution is -2.17. The molecule has 21 heavy (non-hydrogen) atoms. The summed E-state index contributed by atoms with van der Waals surface area (Å²) in [4.78, 5) is 11.8. The number of aryl methyl sites for hydroxylation is 2. The molecule has 1 aromatic carbocycles. The number of hydrogen-bond acceptors (Lipinski definition) is 1. The number of anilines is 1. The largest absolute Gasteiger partial charge is 0.418 e. The van der Waals surface area contributed by atoms with Crippen LogP contribution in [0.1, 0.15) is 17.7 Å². The van der Waals surface area contributed by atoms with Crippen LogP contribution in [-0.2, 0) is 24.4 Å². The molecule has 0 aliphatic carbocycles. The van der Waals surface area contributed by atoms with Crippen LogP contribution in [0.5, 0.6) is 0 Å². The summed E-state index contributed by atoms with van der Waals surface area (Å²) >= 11 is 0. The summed E-state index contributed by atoms with van der Waals surface area (Å²) in [6, 6.07) is 8.68. The highest BCUT2D eigenvalue weighted by Crippen LogP contribution is 2.34. The highest BCUT2D eigenvalue weighted by molar-refractivity contribution is 5.91. The lowest BCUT2D eigenvalue weighted by atomic mass is 10.1. The van der Waals surface area contributed by atoms with Crippen molar-refractivity contribution in [2.24, 2.45) is 7.05 Å². The molecule has 1 N–H and O–H groups in total. The van der Waals surface area contributed by atoms with Crippen LogP contribution >= 0.6 is 0 Å². The maximum Gasteiger partial charge on any atom is 0.418 e. The number of hydrogen-bond donors (Lipinski definition) is 1. The van der Waals surface area contributed by atoms with Gasteiger partial charge in [0.15, 0.2) is 0 Å². The number of alkyl halides is 3.